The van der Waals surface area contributed by atoms with Crippen LogP contribution >= 0.6 is 0 Å². The second-order valence-electron chi connectivity index (χ2n) is 5.38. The van der Waals surface area contributed by atoms with Crippen LogP contribution in [-0.2, 0) is 14.2 Å². The first-order chi connectivity index (χ1) is 11.6. The van der Waals surface area contributed by atoms with Gasteiger partial charge in [0, 0.05) is 6.07 Å². The lowest BCUT2D eigenvalue weighted by molar-refractivity contribution is -0.145. The SMILES string of the molecule is CCOC(=O)CC1OB(O)c2cc(Oc3cccc(O)c3)ccc21. The smallest absolute Gasteiger partial charge is 0.492 e. The third-order valence-electron chi connectivity index (χ3n) is 3.68. The van der Waals surface area contributed by atoms with Crippen LogP contribution in [0.5, 0.6) is 17.2 Å². The molecule has 0 spiro atoms. The van der Waals surface area contributed by atoms with Crippen molar-refractivity contribution >= 4 is 18.6 Å². The van der Waals surface area contributed by atoms with Gasteiger partial charge in [-0.05, 0) is 42.2 Å². The van der Waals surface area contributed by atoms with Crippen molar-refractivity contribution in [2.45, 2.75) is 19.4 Å². The molecule has 3 rings (SSSR count). The molecule has 2 aromatic carbocycles. The normalized spacial score (nSPS) is 15.9. The molecule has 1 unspecified atom stereocenters. The van der Waals surface area contributed by atoms with E-state index in [1.54, 1.807) is 43.3 Å². The molecule has 0 bridgehead atoms. The van der Waals surface area contributed by atoms with Gasteiger partial charge in [0.25, 0.3) is 0 Å². The maximum atomic E-state index is 11.6. The zero-order valence-corrected chi connectivity index (χ0v) is 13.1. The van der Waals surface area contributed by atoms with Gasteiger partial charge in [0.15, 0.2) is 0 Å². The Bertz CT molecular complexity index is 748. The van der Waals surface area contributed by atoms with E-state index in [-0.39, 0.29) is 18.1 Å². The highest BCUT2D eigenvalue weighted by Crippen LogP contribution is 2.31. The number of hydrogen-bond donors (Lipinski definition) is 2. The van der Waals surface area contributed by atoms with E-state index in [0.29, 0.717) is 23.6 Å². The lowest BCUT2D eigenvalue weighted by atomic mass is 9.79. The number of esters is 1. The topological polar surface area (TPSA) is 85.2 Å². The number of ether oxygens (including phenoxy) is 2. The molecular formula is C17H17BO6. The fourth-order valence-electron chi connectivity index (χ4n) is 2.64. The van der Waals surface area contributed by atoms with Crippen molar-refractivity contribution in [2.24, 2.45) is 0 Å². The molecule has 1 heterocycles. The summed E-state index contributed by atoms with van der Waals surface area (Å²) in [6, 6.07) is 11.6. The molecule has 2 aromatic rings. The van der Waals surface area contributed by atoms with Gasteiger partial charge < -0.3 is 24.3 Å². The van der Waals surface area contributed by atoms with Gasteiger partial charge in [-0.3, -0.25) is 4.79 Å². The van der Waals surface area contributed by atoms with E-state index in [9.17, 15) is 14.9 Å². The number of rotatable bonds is 5. The first kappa shape index (κ1) is 16.4. The molecule has 24 heavy (non-hydrogen) atoms. The van der Waals surface area contributed by atoms with E-state index in [1.165, 1.54) is 6.07 Å². The zero-order valence-electron chi connectivity index (χ0n) is 13.1. The first-order valence-electron chi connectivity index (χ1n) is 7.66. The van der Waals surface area contributed by atoms with Crippen molar-refractivity contribution < 1.29 is 29.1 Å². The summed E-state index contributed by atoms with van der Waals surface area (Å²) >= 11 is 0. The maximum absolute atomic E-state index is 11.6. The molecule has 1 aliphatic heterocycles. The molecule has 0 amide bonds. The van der Waals surface area contributed by atoms with Crippen LogP contribution in [0.2, 0.25) is 0 Å². The number of phenols is 1. The van der Waals surface area contributed by atoms with Crippen LogP contribution in [-0.4, -0.2) is 29.8 Å². The van der Waals surface area contributed by atoms with E-state index >= 15 is 0 Å². The van der Waals surface area contributed by atoms with Gasteiger partial charge in [-0.1, -0.05) is 12.1 Å². The standard InChI is InChI=1S/C17H17BO6/c1-2-22-17(20)10-16-14-7-6-13(9-15(14)18(21)24-16)23-12-5-3-4-11(19)8-12/h3-9,16,19,21H,2,10H2,1H3. The molecule has 0 saturated heterocycles. The second-order valence-corrected chi connectivity index (χ2v) is 5.38. The largest absolute Gasteiger partial charge is 0.508 e. The second kappa shape index (κ2) is 6.94. The van der Waals surface area contributed by atoms with E-state index in [0.717, 1.165) is 5.56 Å². The quantitative estimate of drug-likeness (QED) is 0.644. The van der Waals surface area contributed by atoms with Crippen LogP contribution in [0.3, 0.4) is 0 Å². The molecule has 124 valence electrons. The zero-order chi connectivity index (χ0) is 17.1. The molecule has 0 fully saturated rings. The number of aromatic hydroxyl groups is 1. The van der Waals surface area contributed by atoms with E-state index in [4.69, 9.17) is 14.1 Å². The number of hydrogen-bond acceptors (Lipinski definition) is 6. The van der Waals surface area contributed by atoms with Crippen LogP contribution in [0, 0.1) is 0 Å². The molecule has 0 radical (unpaired) electrons. The van der Waals surface area contributed by atoms with Gasteiger partial charge in [0.05, 0.1) is 19.1 Å². The summed E-state index contributed by atoms with van der Waals surface area (Å²) < 4.78 is 16.0. The lowest BCUT2D eigenvalue weighted by Crippen LogP contribution is -2.28. The van der Waals surface area contributed by atoms with Crippen molar-refractivity contribution in [2.75, 3.05) is 6.61 Å². The number of phenolic OH excluding ortho intramolecular Hbond substituents is 1. The van der Waals surface area contributed by atoms with Gasteiger partial charge in [-0.15, -0.1) is 0 Å². The predicted molar refractivity (Wildman–Crippen MR) is 87.3 cm³/mol. The molecule has 0 aromatic heterocycles. The van der Waals surface area contributed by atoms with Crippen LogP contribution in [0.1, 0.15) is 25.0 Å². The third-order valence-corrected chi connectivity index (χ3v) is 3.68. The Morgan fingerprint density at radius 2 is 2.04 bits per heavy atom. The lowest BCUT2D eigenvalue weighted by Gasteiger charge is -2.12. The Morgan fingerprint density at radius 3 is 2.79 bits per heavy atom. The Hall–Kier alpha value is -2.51. The molecule has 0 saturated carbocycles. The average Bonchev–Trinajstić information content (AvgIpc) is 2.83. The summed E-state index contributed by atoms with van der Waals surface area (Å²) in [6.45, 7) is 2.04. The first-order valence-corrected chi connectivity index (χ1v) is 7.66. The highest BCUT2D eigenvalue weighted by atomic mass is 16.5. The fraction of sp³-hybridized carbons (Fsp3) is 0.235. The number of benzene rings is 2. The van der Waals surface area contributed by atoms with Gasteiger partial charge in [0.1, 0.15) is 17.2 Å². The van der Waals surface area contributed by atoms with Crippen molar-refractivity contribution in [3.05, 3.63) is 48.0 Å². The highest BCUT2D eigenvalue weighted by molar-refractivity contribution is 6.61. The Morgan fingerprint density at radius 1 is 1.25 bits per heavy atom. The Kier molecular flexibility index (Phi) is 4.73. The molecular weight excluding hydrogens is 311 g/mol. The summed E-state index contributed by atoms with van der Waals surface area (Å²) in [4.78, 5) is 11.6. The van der Waals surface area contributed by atoms with Crippen LogP contribution < -0.4 is 10.2 Å². The van der Waals surface area contributed by atoms with Crippen molar-refractivity contribution in [1.29, 1.82) is 0 Å². The van der Waals surface area contributed by atoms with Crippen molar-refractivity contribution in [3.8, 4) is 17.2 Å². The molecule has 0 aliphatic carbocycles. The minimum atomic E-state index is -1.12. The number of carbonyl (C=O) groups excluding carboxylic acids is 1. The van der Waals surface area contributed by atoms with Gasteiger partial charge in [-0.2, -0.15) is 0 Å². The third kappa shape index (κ3) is 3.52. The highest BCUT2D eigenvalue weighted by Gasteiger charge is 2.36. The molecule has 1 aliphatic rings. The molecule has 6 nitrogen and oxygen atoms in total. The van der Waals surface area contributed by atoms with Crippen molar-refractivity contribution in [3.63, 3.8) is 0 Å². The van der Waals surface area contributed by atoms with Gasteiger partial charge in [0.2, 0.25) is 0 Å². The predicted octanol–water partition coefficient (Wildman–Crippen LogP) is 1.90. The molecule has 2 N–H and O–H groups in total. The Labute approximate surface area is 139 Å². The fourth-order valence-corrected chi connectivity index (χ4v) is 2.64. The minimum Gasteiger partial charge on any atom is -0.508 e. The van der Waals surface area contributed by atoms with E-state index in [1.807, 2.05) is 0 Å². The van der Waals surface area contributed by atoms with Gasteiger partial charge >= 0.3 is 13.1 Å². The monoisotopic (exact) mass is 328 g/mol. The van der Waals surface area contributed by atoms with E-state index < -0.39 is 13.2 Å². The summed E-state index contributed by atoms with van der Waals surface area (Å²) in [5, 5.41) is 19.5. The van der Waals surface area contributed by atoms with Gasteiger partial charge in [-0.25, -0.2) is 0 Å². The Balaban J connectivity index is 1.78. The summed E-state index contributed by atoms with van der Waals surface area (Å²) in [7, 11) is -1.12. The van der Waals surface area contributed by atoms with E-state index in [2.05, 4.69) is 0 Å². The summed E-state index contributed by atoms with van der Waals surface area (Å²) in [5.41, 5.74) is 1.29. The molecule has 7 heteroatoms. The van der Waals surface area contributed by atoms with Crippen LogP contribution in [0.25, 0.3) is 0 Å². The van der Waals surface area contributed by atoms with Crippen LogP contribution in [0.4, 0.5) is 0 Å². The summed E-state index contributed by atoms with van der Waals surface area (Å²) in [5.74, 6) is 0.708. The number of fused-ring (bicyclic) bond motifs is 1. The number of carbonyl (C=O) groups is 1. The van der Waals surface area contributed by atoms with Crippen LogP contribution in [0.15, 0.2) is 42.5 Å². The maximum Gasteiger partial charge on any atom is 0.492 e. The summed E-state index contributed by atoms with van der Waals surface area (Å²) in [6.07, 6.45) is -0.492. The minimum absolute atomic E-state index is 0.0463. The van der Waals surface area contributed by atoms with Crippen molar-refractivity contribution in [1.82, 2.24) is 0 Å². The molecule has 1 atom stereocenters. The average molecular weight is 328 g/mol.